The summed E-state index contributed by atoms with van der Waals surface area (Å²) in [6.45, 7) is 2.67. The number of aryl methyl sites for hydroxylation is 1. The number of nitrogens with zero attached hydrogens (tertiary/aromatic N) is 3. The van der Waals surface area contributed by atoms with Gasteiger partial charge in [-0.3, -0.25) is 4.98 Å². The van der Waals surface area contributed by atoms with E-state index in [4.69, 9.17) is 5.73 Å². The minimum absolute atomic E-state index is 0.539. The summed E-state index contributed by atoms with van der Waals surface area (Å²) < 4.78 is 2.00. The fourth-order valence-corrected chi connectivity index (χ4v) is 2.03. The monoisotopic (exact) mass is 238 g/mol. The summed E-state index contributed by atoms with van der Waals surface area (Å²) in [4.78, 5) is 8.64. The zero-order valence-electron chi connectivity index (χ0n) is 10.2. The Kier molecular flexibility index (Phi) is 2.48. The van der Waals surface area contributed by atoms with Gasteiger partial charge < -0.3 is 10.3 Å². The largest absolute Gasteiger partial charge is 0.369 e. The summed E-state index contributed by atoms with van der Waals surface area (Å²) in [7, 11) is 0. The van der Waals surface area contributed by atoms with E-state index in [2.05, 4.69) is 16.0 Å². The number of benzene rings is 1. The third-order valence-corrected chi connectivity index (χ3v) is 3.00. The molecule has 3 rings (SSSR count). The van der Waals surface area contributed by atoms with Gasteiger partial charge in [-0.05, 0) is 30.7 Å². The van der Waals surface area contributed by atoms with Gasteiger partial charge in [0.25, 0.3) is 0 Å². The highest BCUT2D eigenvalue weighted by Gasteiger charge is 2.07. The van der Waals surface area contributed by atoms with Crippen LogP contribution in [0, 0.1) is 6.92 Å². The molecule has 2 aromatic heterocycles. The molecule has 1 aromatic carbocycles. The molecule has 0 bridgehead atoms. The highest BCUT2D eigenvalue weighted by Crippen LogP contribution is 2.18. The molecule has 4 nitrogen and oxygen atoms in total. The fraction of sp³-hybridized carbons (Fsp3) is 0.143. The lowest BCUT2D eigenvalue weighted by atomic mass is 10.2. The van der Waals surface area contributed by atoms with E-state index in [1.165, 1.54) is 0 Å². The first kappa shape index (κ1) is 10.8. The zero-order chi connectivity index (χ0) is 12.5. The number of hydrogen-bond acceptors (Lipinski definition) is 3. The summed E-state index contributed by atoms with van der Waals surface area (Å²) >= 11 is 0. The summed E-state index contributed by atoms with van der Waals surface area (Å²) in [6, 6.07) is 12.0. The Balaban J connectivity index is 2.04. The fourth-order valence-electron chi connectivity index (χ4n) is 2.03. The number of hydrogen-bond donors (Lipinski definition) is 1. The van der Waals surface area contributed by atoms with Crippen molar-refractivity contribution < 1.29 is 0 Å². The van der Waals surface area contributed by atoms with Crippen LogP contribution in [-0.2, 0) is 6.54 Å². The van der Waals surface area contributed by atoms with Gasteiger partial charge in [-0.1, -0.05) is 18.2 Å². The van der Waals surface area contributed by atoms with Crippen molar-refractivity contribution in [2.24, 2.45) is 0 Å². The third kappa shape index (κ3) is 1.82. The summed E-state index contributed by atoms with van der Waals surface area (Å²) in [5, 5.41) is 0. The van der Waals surface area contributed by atoms with E-state index in [9.17, 15) is 0 Å². The van der Waals surface area contributed by atoms with Crippen molar-refractivity contribution in [2.75, 3.05) is 5.73 Å². The van der Waals surface area contributed by atoms with Gasteiger partial charge in [0.15, 0.2) is 0 Å². The van der Waals surface area contributed by atoms with Crippen molar-refractivity contribution in [1.82, 2.24) is 14.5 Å². The van der Waals surface area contributed by atoms with E-state index in [0.717, 1.165) is 22.3 Å². The van der Waals surface area contributed by atoms with Gasteiger partial charge in [-0.25, -0.2) is 4.98 Å². The Morgan fingerprint density at radius 2 is 2.00 bits per heavy atom. The van der Waals surface area contributed by atoms with Gasteiger partial charge in [0, 0.05) is 11.9 Å². The van der Waals surface area contributed by atoms with Crippen molar-refractivity contribution in [1.29, 1.82) is 0 Å². The number of pyridine rings is 1. The quantitative estimate of drug-likeness (QED) is 0.745. The van der Waals surface area contributed by atoms with Crippen LogP contribution in [-0.4, -0.2) is 14.5 Å². The molecule has 0 amide bonds. The molecule has 90 valence electrons. The molecular formula is C14H14N4. The molecule has 4 heteroatoms. The number of para-hydroxylation sites is 2. The Morgan fingerprint density at radius 1 is 1.17 bits per heavy atom. The van der Waals surface area contributed by atoms with Gasteiger partial charge >= 0.3 is 0 Å². The molecular weight excluding hydrogens is 224 g/mol. The lowest BCUT2D eigenvalue weighted by Crippen LogP contribution is -2.04. The average Bonchev–Trinajstić information content (AvgIpc) is 2.69. The van der Waals surface area contributed by atoms with Crippen LogP contribution in [0.25, 0.3) is 11.0 Å². The van der Waals surface area contributed by atoms with E-state index >= 15 is 0 Å². The van der Waals surface area contributed by atoms with Crippen molar-refractivity contribution in [3.05, 3.63) is 53.9 Å². The van der Waals surface area contributed by atoms with Crippen LogP contribution in [0.15, 0.2) is 42.6 Å². The number of aromatic nitrogens is 3. The maximum Gasteiger partial charge on any atom is 0.201 e. The number of nitrogens with two attached hydrogens (primary N) is 1. The Morgan fingerprint density at radius 3 is 2.78 bits per heavy atom. The maximum absolute atomic E-state index is 5.96. The first-order valence-corrected chi connectivity index (χ1v) is 5.86. The molecule has 2 N–H and O–H groups in total. The van der Waals surface area contributed by atoms with Crippen LogP contribution in [0.5, 0.6) is 0 Å². The van der Waals surface area contributed by atoms with E-state index in [0.29, 0.717) is 12.5 Å². The van der Waals surface area contributed by atoms with E-state index < -0.39 is 0 Å². The lowest BCUT2D eigenvalue weighted by Gasteiger charge is -2.06. The lowest BCUT2D eigenvalue weighted by molar-refractivity contribution is 0.832. The van der Waals surface area contributed by atoms with Crippen LogP contribution >= 0.6 is 0 Å². The molecule has 3 aromatic rings. The molecule has 18 heavy (non-hydrogen) atoms. The average molecular weight is 238 g/mol. The molecule has 0 saturated heterocycles. The summed E-state index contributed by atoms with van der Waals surface area (Å²) in [6.07, 6.45) is 1.88. The van der Waals surface area contributed by atoms with Crippen molar-refractivity contribution in [3.8, 4) is 0 Å². The minimum atomic E-state index is 0.539. The number of fused-ring (bicyclic) bond motifs is 1. The highest BCUT2D eigenvalue weighted by molar-refractivity contribution is 5.78. The molecule has 0 aliphatic carbocycles. The third-order valence-electron chi connectivity index (χ3n) is 3.00. The molecule has 0 saturated carbocycles. The molecule has 0 spiro atoms. The van der Waals surface area contributed by atoms with Crippen molar-refractivity contribution in [2.45, 2.75) is 13.5 Å². The van der Waals surface area contributed by atoms with Crippen LogP contribution in [0.3, 0.4) is 0 Å². The number of nitrogen functional groups attached to an aromatic ring is 1. The van der Waals surface area contributed by atoms with Gasteiger partial charge in [-0.2, -0.15) is 0 Å². The van der Waals surface area contributed by atoms with Gasteiger partial charge in [-0.15, -0.1) is 0 Å². The van der Waals surface area contributed by atoms with Crippen LogP contribution < -0.4 is 5.73 Å². The molecule has 0 atom stereocenters. The number of anilines is 1. The second kappa shape index (κ2) is 4.14. The molecule has 0 aliphatic rings. The van der Waals surface area contributed by atoms with Crippen LogP contribution in [0.4, 0.5) is 5.95 Å². The van der Waals surface area contributed by atoms with Crippen molar-refractivity contribution in [3.63, 3.8) is 0 Å². The molecule has 0 unspecified atom stereocenters. The maximum atomic E-state index is 5.96. The topological polar surface area (TPSA) is 56.7 Å². The van der Waals surface area contributed by atoms with E-state index in [-0.39, 0.29) is 0 Å². The predicted octanol–water partition coefficient (Wildman–Crippen LogP) is 2.37. The summed E-state index contributed by atoms with van der Waals surface area (Å²) in [5.41, 5.74) is 10.1. The Bertz CT molecular complexity index is 683. The smallest absolute Gasteiger partial charge is 0.201 e. The second-order valence-corrected chi connectivity index (χ2v) is 4.35. The van der Waals surface area contributed by atoms with E-state index in [1.54, 1.807) is 0 Å². The zero-order valence-corrected chi connectivity index (χ0v) is 10.2. The Hall–Kier alpha value is -2.36. The highest BCUT2D eigenvalue weighted by atomic mass is 15.1. The van der Waals surface area contributed by atoms with Gasteiger partial charge in [0.1, 0.15) is 0 Å². The van der Waals surface area contributed by atoms with Crippen LogP contribution in [0.1, 0.15) is 11.3 Å². The standard InChI is InChI=1S/C14H14N4/c1-10-6-7-11(8-16-10)9-18-13-5-3-2-4-12(13)17-14(18)15/h2-8H,9H2,1H3,(H2,15,17). The number of imidazole rings is 1. The molecule has 0 fully saturated rings. The van der Waals surface area contributed by atoms with Gasteiger partial charge in [0.05, 0.1) is 17.6 Å². The molecule has 0 aliphatic heterocycles. The van der Waals surface area contributed by atoms with Gasteiger partial charge in [0.2, 0.25) is 5.95 Å². The SMILES string of the molecule is Cc1ccc(Cn2c(N)nc3ccccc32)cn1. The Labute approximate surface area is 105 Å². The van der Waals surface area contributed by atoms with E-state index in [1.807, 2.05) is 48.0 Å². The predicted molar refractivity (Wildman–Crippen MR) is 72.2 cm³/mol. The first-order chi connectivity index (χ1) is 8.74. The minimum Gasteiger partial charge on any atom is -0.369 e. The molecule has 2 heterocycles. The normalized spacial score (nSPS) is 10.9. The first-order valence-electron chi connectivity index (χ1n) is 5.86. The van der Waals surface area contributed by atoms with Crippen LogP contribution in [0.2, 0.25) is 0 Å². The second-order valence-electron chi connectivity index (χ2n) is 4.35. The molecule has 0 radical (unpaired) electrons. The number of rotatable bonds is 2. The van der Waals surface area contributed by atoms with Crippen molar-refractivity contribution >= 4 is 17.0 Å². The summed E-state index contributed by atoms with van der Waals surface area (Å²) in [5.74, 6) is 0.539.